The van der Waals surface area contributed by atoms with E-state index >= 15 is 0 Å². The van der Waals surface area contributed by atoms with Crippen LogP contribution in [0.3, 0.4) is 0 Å². The molecule has 21 heavy (non-hydrogen) atoms. The Labute approximate surface area is 122 Å². The second-order valence-electron chi connectivity index (χ2n) is 5.40. The maximum atomic E-state index is 13.6. The summed E-state index contributed by atoms with van der Waals surface area (Å²) < 4.78 is 13.6. The fraction of sp³-hybridized carbons (Fsp3) is 0.500. The van der Waals surface area contributed by atoms with Gasteiger partial charge in [-0.1, -0.05) is 13.8 Å². The van der Waals surface area contributed by atoms with E-state index in [2.05, 4.69) is 5.32 Å². The number of anilines is 1. The Morgan fingerprint density at radius 1 is 1.48 bits per heavy atom. The van der Waals surface area contributed by atoms with Crippen LogP contribution in [0.15, 0.2) is 18.2 Å². The van der Waals surface area contributed by atoms with Crippen LogP contribution in [0, 0.1) is 27.8 Å². The molecule has 1 amide bonds. The Bertz CT molecular complexity index is 520. The zero-order chi connectivity index (χ0) is 16.0. The Kier molecular flexibility index (Phi) is 6.23. The van der Waals surface area contributed by atoms with E-state index in [4.69, 9.17) is 5.73 Å². The number of carbonyl (C=O) groups excluding carboxylic acids is 1. The van der Waals surface area contributed by atoms with Crippen molar-refractivity contribution in [3.05, 3.63) is 34.1 Å². The number of carbonyl (C=O) groups is 1. The Balaban J connectivity index is 2.74. The second-order valence-corrected chi connectivity index (χ2v) is 5.40. The van der Waals surface area contributed by atoms with E-state index in [9.17, 15) is 19.3 Å². The highest BCUT2D eigenvalue weighted by atomic mass is 19.1. The maximum absolute atomic E-state index is 13.6. The Hall–Kier alpha value is -2.02. The molecule has 1 aromatic carbocycles. The van der Waals surface area contributed by atoms with Gasteiger partial charge in [0.2, 0.25) is 5.91 Å². The van der Waals surface area contributed by atoms with Crippen molar-refractivity contribution in [1.29, 1.82) is 0 Å². The summed E-state index contributed by atoms with van der Waals surface area (Å²) in [4.78, 5) is 21.9. The molecule has 1 atom stereocenters. The number of benzene rings is 1. The van der Waals surface area contributed by atoms with Gasteiger partial charge in [0.05, 0.1) is 10.6 Å². The molecule has 0 saturated carbocycles. The predicted octanol–water partition coefficient (Wildman–Crippen LogP) is 2.68. The highest BCUT2D eigenvalue weighted by molar-refractivity contribution is 5.91. The molecule has 0 radical (unpaired) electrons. The lowest BCUT2D eigenvalue weighted by Gasteiger charge is -2.16. The molecule has 0 spiro atoms. The Morgan fingerprint density at radius 2 is 2.14 bits per heavy atom. The van der Waals surface area contributed by atoms with E-state index in [1.54, 1.807) is 0 Å². The molecule has 6 nitrogen and oxygen atoms in total. The van der Waals surface area contributed by atoms with Crippen molar-refractivity contribution in [1.82, 2.24) is 0 Å². The lowest BCUT2D eigenvalue weighted by molar-refractivity contribution is -0.384. The van der Waals surface area contributed by atoms with Gasteiger partial charge in [-0.3, -0.25) is 14.9 Å². The standard InChI is InChI=1S/C14H20FN3O3/c1-9(2)5-10(8-16)6-14(19)17-13-7-11(18(20)21)3-4-12(13)15/h3-4,7,9-10H,5-6,8,16H2,1-2H3,(H,17,19). The van der Waals surface area contributed by atoms with E-state index in [1.807, 2.05) is 13.8 Å². The summed E-state index contributed by atoms with van der Waals surface area (Å²) in [6.07, 6.45) is 0.956. The molecular weight excluding hydrogens is 277 g/mol. The van der Waals surface area contributed by atoms with Crippen molar-refractivity contribution in [2.45, 2.75) is 26.7 Å². The number of rotatable bonds is 7. The van der Waals surface area contributed by atoms with Crippen LogP contribution in [0.5, 0.6) is 0 Å². The topological polar surface area (TPSA) is 98.3 Å². The molecule has 0 aromatic heterocycles. The fourth-order valence-corrected chi connectivity index (χ4v) is 2.12. The minimum absolute atomic E-state index is 0.00626. The van der Waals surface area contributed by atoms with Gasteiger partial charge in [-0.25, -0.2) is 4.39 Å². The van der Waals surface area contributed by atoms with Gasteiger partial charge < -0.3 is 11.1 Å². The molecule has 0 heterocycles. The van der Waals surface area contributed by atoms with Gasteiger partial charge in [0.15, 0.2) is 0 Å². The summed E-state index contributed by atoms with van der Waals surface area (Å²) in [7, 11) is 0. The minimum Gasteiger partial charge on any atom is -0.330 e. The highest BCUT2D eigenvalue weighted by Crippen LogP contribution is 2.22. The van der Waals surface area contributed by atoms with Crippen LogP contribution in [-0.4, -0.2) is 17.4 Å². The SMILES string of the molecule is CC(C)CC(CN)CC(=O)Nc1cc([N+](=O)[O-])ccc1F. The van der Waals surface area contributed by atoms with Crippen molar-refractivity contribution in [3.8, 4) is 0 Å². The van der Waals surface area contributed by atoms with Crippen LogP contribution >= 0.6 is 0 Å². The summed E-state index contributed by atoms with van der Waals surface area (Å²) in [5.41, 5.74) is 5.15. The fourth-order valence-electron chi connectivity index (χ4n) is 2.12. The van der Waals surface area contributed by atoms with Crippen LogP contribution < -0.4 is 11.1 Å². The van der Waals surface area contributed by atoms with Crippen LogP contribution in [-0.2, 0) is 4.79 Å². The molecule has 1 rings (SSSR count). The van der Waals surface area contributed by atoms with Gasteiger partial charge in [0.1, 0.15) is 5.82 Å². The average molecular weight is 297 g/mol. The molecule has 1 unspecified atom stereocenters. The van der Waals surface area contributed by atoms with Crippen molar-refractivity contribution in [3.63, 3.8) is 0 Å². The molecule has 7 heteroatoms. The third-order valence-corrected chi connectivity index (χ3v) is 3.05. The number of halogens is 1. The first-order valence-electron chi connectivity index (χ1n) is 6.77. The molecule has 0 aliphatic carbocycles. The quantitative estimate of drug-likeness (QED) is 0.597. The number of nitrogens with two attached hydrogens (primary N) is 1. The average Bonchev–Trinajstić information content (AvgIpc) is 2.39. The number of nitro benzene ring substituents is 1. The summed E-state index contributed by atoms with van der Waals surface area (Å²) in [5, 5.41) is 13.0. The first kappa shape index (κ1) is 17.0. The van der Waals surface area contributed by atoms with Crippen molar-refractivity contribution < 1.29 is 14.1 Å². The number of nitrogens with one attached hydrogen (secondary N) is 1. The van der Waals surface area contributed by atoms with Gasteiger partial charge in [-0.05, 0) is 30.9 Å². The number of non-ortho nitro benzene ring substituents is 1. The van der Waals surface area contributed by atoms with E-state index in [-0.39, 0.29) is 23.7 Å². The van der Waals surface area contributed by atoms with Gasteiger partial charge in [0.25, 0.3) is 5.69 Å². The van der Waals surface area contributed by atoms with Crippen LogP contribution in [0.25, 0.3) is 0 Å². The van der Waals surface area contributed by atoms with E-state index in [0.29, 0.717) is 12.5 Å². The van der Waals surface area contributed by atoms with E-state index in [0.717, 1.165) is 24.6 Å². The van der Waals surface area contributed by atoms with E-state index in [1.165, 1.54) is 0 Å². The van der Waals surface area contributed by atoms with Crippen molar-refractivity contribution >= 4 is 17.3 Å². The zero-order valence-corrected chi connectivity index (χ0v) is 12.1. The highest BCUT2D eigenvalue weighted by Gasteiger charge is 2.17. The van der Waals surface area contributed by atoms with Gasteiger partial charge in [-0.15, -0.1) is 0 Å². The van der Waals surface area contributed by atoms with E-state index < -0.39 is 16.6 Å². The molecule has 0 aliphatic heterocycles. The molecule has 0 bridgehead atoms. The predicted molar refractivity (Wildman–Crippen MR) is 78.3 cm³/mol. The van der Waals surface area contributed by atoms with Crippen molar-refractivity contribution in [2.75, 3.05) is 11.9 Å². The van der Waals surface area contributed by atoms with Crippen LogP contribution in [0.1, 0.15) is 26.7 Å². The van der Waals surface area contributed by atoms with Gasteiger partial charge in [-0.2, -0.15) is 0 Å². The molecular formula is C14H20FN3O3. The minimum atomic E-state index is -0.706. The first-order valence-corrected chi connectivity index (χ1v) is 6.77. The number of nitro groups is 1. The zero-order valence-electron chi connectivity index (χ0n) is 12.1. The first-order chi connectivity index (χ1) is 9.83. The molecule has 116 valence electrons. The monoisotopic (exact) mass is 297 g/mol. The molecule has 0 saturated heterocycles. The molecule has 0 fully saturated rings. The summed E-state index contributed by atoms with van der Waals surface area (Å²) in [5.74, 6) is -0.694. The molecule has 3 N–H and O–H groups in total. The number of nitrogens with zero attached hydrogens (tertiary/aromatic N) is 1. The number of hydrogen-bond donors (Lipinski definition) is 2. The summed E-state index contributed by atoms with van der Waals surface area (Å²) in [6.45, 7) is 4.42. The third kappa shape index (κ3) is 5.47. The smallest absolute Gasteiger partial charge is 0.271 e. The largest absolute Gasteiger partial charge is 0.330 e. The summed E-state index contributed by atoms with van der Waals surface area (Å²) in [6, 6.07) is 3.02. The van der Waals surface area contributed by atoms with Gasteiger partial charge in [0, 0.05) is 18.6 Å². The maximum Gasteiger partial charge on any atom is 0.271 e. The number of amides is 1. The molecule has 0 aliphatic rings. The number of hydrogen-bond acceptors (Lipinski definition) is 4. The third-order valence-electron chi connectivity index (χ3n) is 3.05. The lowest BCUT2D eigenvalue weighted by atomic mass is 9.94. The lowest BCUT2D eigenvalue weighted by Crippen LogP contribution is -2.23. The van der Waals surface area contributed by atoms with Crippen LogP contribution in [0.4, 0.5) is 15.8 Å². The second kappa shape index (κ2) is 7.68. The van der Waals surface area contributed by atoms with Crippen LogP contribution in [0.2, 0.25) is 0 Å². The Morgan fingerprint density at radius 3 is 2.67 bits per heavy atom. The van der Waals surface area contributed by atoms with Gasteiger partial charge >= 0.3 is 0 Å². The normalized spacial score (nSPS) is 12.2. The van der Waals surface area contributed by atoms with Crippen molar-refractivity contribution in [2.24, 2.45) is 17.6 Å². The summed E-state index contributed by atoms with van der Waals surface area (Å²) >= 11 is 0. The molecule has 1 aromatic rings.